The highest BCUT2D eigenvalue weighted by Gasteiger charge is 2.15. The Morgan fingerprint density at radius 2 is 2.08 bits per heavy atom. The first kappa shape index (κ1) is 8.13. The van der Waals surface area contributed by atoms with E-state index in [1.807, 2.05) is 12.1 Å². The van der Waals surface area contributed by atoms with E-state index in [-0.39, 0.29) is 11.8 Å². The summed E-state index contributed by atoms with van der Waals surface area (Å²) in [6.07, 6.45) is 0. The number of furan rings is 1. The van der Waals surface area contributed by atoms with E-state index in [1.54, 1.807) is 19.1 Å². The molecule has 0 aliphatic rings. The summed E-state index contributed by atoms with van der Waals surface area (Å²) in [5.41, 5.74) is 6.30. The summed E-state index contributed by atoms with van der Waals surface area (Å²) in [4.78, 5) is 0. The molecule has 1 heterocycles. The van der Waals surface area contributed by atoms with Crippen molar-refractivity contribution in [1.82, 2.24) is 0 Å². The Balaban J connectivity index is 2.74. The van der Waals surface area contributed by atoms with Gasteiger partial charge in [-0.05, 0) is 19.1 Å². The first-order valence-electron chi connectivity index (χ1n) is 4.16. The molecule has 3 N–H and O–H groups in total. The number of benzene rings is 1. The van der Waals surface area contributed by atoms with Crippen molar-refractivity contribution >= 4 is 11.0 Å². The smallest absolute Gasteiger partial charge is 0.166 e. The van der Waals surface area contributed by atoms with Gasteiger partial charge in [0, 0.05) is 0 Å². The van der Waals surface area contributed by atoms with Gasteiger partial charge in [-0.15, -0.1) is 0 Å². The van der Waals surface area contributed by atoms with Gasteiger partial charge >= 0.3 is 0 Å². The number of rotatable bonds is 1. The Hall–Kier alpha value is -1.48. The average Bonchev–Trinajstić information content (AvgIpc) is 2.45. The maximum absolute atomic E-state index is 9.69. The van der Waals surface area contributed by atoms with Crippen LogP contribution in [0.5, 0.6) is 5.75 Å². The maximum Gasteiger partial charge on any atom is 0.166 e. The fourth-order valence-electron chi connectivity index (χ4n) is 1.36. The molecule has 68 valence electrons. The van der Waals surface area contributed by atoms with Gasteiger partial charge < -0.3 is 15.3 Å². The van der Waals surface area contributed by atoms with Crippen LogP contribution in [0.15, 0.2) is 28.7 Å². The lowest BCUT2D eigenvalue weighted by Gasteiger charge is -1.98. The molecule has 0 aliphatic heterocycles. The number of hydrogen-bond donors (Lipinski definition) is 2. The normalized spacial score (nSPS) is 13.4. The minimum atomic E-state index is -0.285. The predicted molar refractivity (Wildman–Crippen MR) is 50.5 cm³/mol. The van der Waals surface area contributed by atoms with Gasteiger partial charge in [-0.25, -0.2) is 0 Å². The summed E-state index contributed by atoms with van der Waals surface area (Å²) in [7, 11) is 0. The van der Waals surface area contributed by atoms with Gasteiger partial charge in [-0.2, -0.15) is 0 Å². The van der Waals surface area contributed by atoms with Crippen LogP contribution in [-0.2, 0) is 0 Å². The highest BCUT2D eigenvalue weighted by molar-refractivity contribution is 5.85. The largest absolute Gasteiger partial charge is 0.504 e. The monoisotopic (exact) mass is 177 g/mol. The summed E-state index contributed by atoms with van der Waals surface area (Å²) in [5, 5.41) is 10.4. The second-order valence-corrected chi connectivity index (χ2v) is 3.10. The van der Waals surface area contributed by atoms with Crippen molar-refractivity contribution in [3.05, 3.63) is 30.0 Å². The van der Waals surface area contributed by atoms with Crippen molar-refractivity contribution in [2.75, 3.05) is 0 Å². The maximum atomic E-state index is 9.69. The highest BCUT2D eigenvalue weighted by Crippen LogP contribution is 2.34. The number of para-hydroxylation sites is 1. The first-order chi connectivity index (χ1) is 6.20. The first-order valence-corrected chi connectivity index (χ1v) is 4.16. The summed E-state index contributed by atoms with van der Waals surface area (Å²) in [5.74, 6) is 0.604. The van der Waals surface area contributed by atoms with Gasteiger partial charge in [0.05, 0.1) is 11.4 Å². The van der Waals surface area contributed by atoms with Gasteiger partial charge in [0.15, 0.2) is 11.5 Å². The van der Waals surface area contributed by atoms with E-state index < -0.39 is 0 Å². The molecule has 0 saturated heterocycles. The lowest BCUT2D eigenvalue weighted by molar-refractivity contribution is 0.426. The SMILES string of the molecule is CC(N)c1oc2ccccc2c1O. The second-order valence-electron chi connectivity index (χ2n) is 3.10. The zero-order valence-corrected chi connectivity index (χ0v) is 7.32. The van der Waals surface area contributed by atoms with E-state index in [0.717, 1.165) is 5.39 Å². The van der Waals surface area contributed by atoms with Crippen LogP contribution in [0.4, 0.5) is 0 Å². The second kappa shape index (κ2) is 2.78. The molecule has 2 rings (SSSR count). The molecule has 0 saturated carbocycles. The fraction of sp³-hybridized carbons (Fsp3) is 0.200. The van der Waals surface area contributed by atoms with Crippen molar-refractivity contribution in [3.8, 4) is 5.75 Å². The van der Waals surface area contributed by atoms with Crippen molar-refractivity contribution in [1.29, 1.82) is 0 Å². The van der Waals surface area contributed by atoms with Crippen molar-refractivity contribution in [3.63, 3.8) is 0 Å². The fourth-order valence-corrected chi connectivity index (χ4v) is 1.36. The van der Waals surface area contributed by atoms with E-state index in [4.69, 9.17) is 10.2 Å². The summed E-state index contributed by atoms with van der Waals surface area (Å²) in [6.45, 7) is 1.78. The Bertz CT molecular complexity index is 431. The van der Waals surface area contributed by atoms with Crippen LogP contribution < -0.4 is 5.73 Å². The van der Waals surface area contributed by atoms with Gasteiger partial charge in [-0.3, -0.25) is 0 Å². The van der Waals surface area contributed by atoms with Crippen molar-refractivity contribution in [2.45, 2.75) is 13.0 Å². The molecule has 0 bridgehead atoms. The number of aromatic hydroxyl groups is 1. The van der Waals surface area contributed by atoms with E-state index in [0.29, 0.717) is 11.3 Å². The molecule has 0 aliphatic carbocycles. The third-order valence-corrected chi connectivity index (χ3v) is 2.01. The molecule has 3 heteroatoms. The molecule has 0 fully saturated rings. The van der Waals surface area contributed by atoms with E-state index >= 15 is 0 Å². The third kappa shape index (κ3) is 1.17. The van der Waals surface area contributed by atoms with E-state index in [1.165, 1.54) is 0 Å². The van der Waals surface area contributed by atoms with Gasteiger partial charge in [0.25, 0.3) is 0 Å². The standard InChI is InChI=1S/C10H11NO2/c1-6(11)10-9(12)7-4-2-3-5-8(7)13-10/h2-6,12H,11H2,1H3. The molecule has 1 atom stereocenters. The molecular formula is C10H11NO2. The van der Waals surface area contributed by atoms with Crippen molar-refractivity contribution < 1.29 is 9.52 Å². The highest BCUT2D eigenvalue weighted by atomic mass is 16.4. The Labute approximate surface area is 75.8 Å². The summed E-state index contributed by atoms with van der Waals surface area (Å²) >= 11 is 0. The average molecular weight is 177 g/mol. The van der Waals surface area contributed by atoms with Gasteiger partial charge in [0.2, 0.25) is 0 Å². The van der Waals surface area contributed by atoms with Crippen LogP contribution in [0.3, 0.4) is 0 Å². The van der Waals surface area contributed by atoms with Crippen LogP contribution in [0.1, 0.15) is 18.7 Å². The summed E-state index contributed by atoms with van der Waals surface area (Å²) in [6, 6.07) is 7.03. The van der Waals surface area contributed by atoms with E-state index in [9.17, 15) is 5.11 Å². The van der Waals surface area contributed by atoms with E-state index in [2.05, 4.69) is 0 Å². The topological polar surface area (TPSA) is 59.4 Å². The van der Waals surface area contributed by atoms with Crippen LogP contribution >= 0.6 is 0 Å². The zero-order valence-electron chi connectivity index (χ0n) is 7.32. The Morgan fingerprint density at radius 3 is 2.69 bits per heavy atom. The molecule has 2 aromatic rings. The Morgan fingerprint density at radius 1 is 1.38 bits per heavy atom. The zero-order chi connectivity index (χ0) is 9.42. The lowest BCUT2D eigenvalue weighted by atomic mass is 10.2. The van der Waals surface area contributed by atoms with Crippen molar-refractivity contribution in [2.24, 2.45) is 5.73 Å². The summed E-state index contributed by atoms with van der Waals surface area (Å²) < 4.78 is 5.39. The number of fused-ring (bicyclic) bond motifs is 1. The molecule has 13 heavy (non-hydrogen) atoms. The molecule has 0 amide bonds. The molecule has 0 spiro atoms. The third-order valence-electron chi connectivity index (χ3n) is 2.01. The minimum absolute atomic E-state index is 0.158. The van der Waals surface area contributed by atoms with Crippen LogP contribution in [0, 0.1) is 0 Å². The van der Waals surface area contributed by atoms with Crippen LogP contribution in [-0.4, -0.2) is 5.11 Å². The van der Waals surface area contributed by atoms with Gasteiger partial charge in [0.1, 0.15) is 5.58 Å². The quantitative estimate of drug-likeness (QED) is 0.701. The Kier molecular flexibility index (Phi) is 1.74. The molecule has 1 unspecified atom stereocenters. The molecule has 3 nitrogen and oxygen atoms in total. The lowest BCUT2D eigenvalue weighted by Crippen LogP contribution is -2.03. The number of hydrogen-bond acceptors (Lipinski definition) is 3. The van der Waals surface area contributed by atoms with Crippen LogP contribution in [0.25, 0.3) is 11.0 Å². The van der Waals surface area contributed by atoms with Gasteiger partial charge in [-0.1, -0.05) is 12.1 Å². The molecule has 1 aromatic carbocycles. The van der Waals surface area contributed by atoms with Crippen LogP contribution in [0.2, 0.25) is 0 Å². The minimum Gasteiger partial charge on any atom is -0.504 e. The number of nitrogens with two attached hydrogens (primary N) is 1. The molecule has 0 radical (unpaired) electrons. The molecular weight excluding hydrogens is 166 g/mol. The molecule has 1 aromatic heterocycles. The predicted octanol–water partition coefficient (Wildman–Crippen LogP) is 2.16.